The lowest BCUT2D eigenvalue weighted by Crippen LogP contribution is -2.28. The summed E-state index contributed by atoms with van der Waals surface area (Å²) in [5.74, 6) is -0.0815. The van der Waals surface area contributed by atoms with Crippen LogP contribution in [0.15, 0.2) is 18.2 Å². The molecule has 0 saturated carbocycles. The smallest absolute Gasteiger partial charge is 0.128 e. The summed E-state index contributed by atoms with van der Waals surface area (Å²) in [6, 6.07) is 5.56. The quantitative estimate of drug-likeness (QED) is 0.785. The molecule has 0 radical (unpaired) electrons. The molecule has 1 aromatic carbocycles. The van der Waals surface area contributed by atoms with E-state index in [1.807, 2.05) is 6.07 Å². The Bertz CT molecular complexity index is 392. The third-order valence-electron chi connectivity index (χ3n) is 3.84. The van der Waals surface area contributed by atoms with Crippen LogP contribution in [0.4, 0.5) is 4.39 Å². The molecule has 1 aliphatic heterocycles. The summed E-state index contributed by atoms with van der Waals surface area (Å²) in [7, 11) is 0. The highest BCUT2D eigenvalue weighted by molar-refractivity contribution is 5.35. The minimum atomic E-state index is -0.0815. The van der Waals surface area contributed by atoms with Crippen LogP contribution in [-0.4, -0.2) is 18.0 Å². The van der Waals surface area contributed by atoms with Gasteiger partial charge in [-0.05, 0) is 24.6 Å². The summed E-state index contributed by atoms with van der Waals surface area (Å²) in [5, 5.41) is 0. The number of nitrogens with zero attached hydrogens (tertiary/aromatic N) is 1. The van der Waals surface area contributed by atoms with Gasteiger partial charge in [0.1, 0.15) is 5.82 Å². The van der Waals surface area contributed by atoms with Crippen molar-refractivity contribution in [3.63, 3.8) is 0 Å². The van der Waals surface area contributed by atoms with Crippen molar-refractivity contribution in [1.29, 1.82) is 0 Å². The van der Waals surface area contributed by atoms with Crippen molar-refractivity contribution in [2.45, 2.75) is 45.2 Å². The molecular formula is C15H23FN2. The molecule has 1 aromatic rings. The van der Waals surface area contributed by atoms with Gasteiger partial charge in [0.05, 0.1) is 0 Å². The fraction of sp³-hybridized carbons (Fsp3) is 0.600. The molecule has 1 aliphatic rings. The van der Waals surface area contributed by atoms with Crippen molar-refractivity contribution in [3.05, 3.63) is 35.1 Å². The predicted octanol–water partition coefficient (Wildman–Crippen LogP) is 3.22. The number of benzene rings is 1. The average Bonchev–Trinajstić information content (AvgIpc) is 2.74. The molecule has 0 aliphatic carbocycles. The van der Waals surface area contributed by atoms with E-state index in [1.54, 1.807) is 12.1 Å². The molecule has 0 aromatic heterocycles. The van der Waals surface area contributed by atoms with Gasteiger partial charge in [0.25, 0.3) is 0 Å². The average molecular weight is 250 g/mol. The van der Waals surface area contributed by atoms with E-state index in [-0.39, 0.29) is 11.9 Å². The minimum absolute atomic E-state index is 0.0815. The van der Waals surface area contributed by atoms with Crippen LogP contribution in [0.25, 0.3) is 0 Å². The lowest BCUT2D eigenvalue weighted by atomic mass is 10.0. The topological polar surface area (TPSA) is 29.3 Å². The van der Waals surface area contributed by atoms with Gasteiger partial charge in [0, 0.05) is 24.7 Å². The molecule has 2 nitrogen and oxygen atoms in total. The second-order valence-electron chi connectivity index (χ2n) is 5.09. The van der Waals surface area contributed by atoms with E-state index in [0.717, 1.165) is 24.2 Å². The van der Waals surface area contributed by atoms with Crippen molar-refractivity contribution < 1.29 is 4.39 Å². The van der Waals surface area contributed by atoms with Crippen molar-refractivity contribution >= 4 is 0 Å². The number of hydrogen-bond donors (Lipinski definition) is 1. The van der Waals surface area contributed by atoms with Crippen LogP contribution in [-0.2, 0) is 6.54 Å². The summed E-state index contributed by atoms with van der Waals surface area (Å²) in [6.45, 7) is 4.53. The number of halogens is 1. The Balaban J connectivity index is 2.01. The second kappa shape index (κ2) is 6.30. The zero-order valence-electron chi connectivity index (χ0n) is 11.2. The Morgan fingerprint density at radius 1 is 1.33 bits per heavy atom. The highest BCUT2D eigenvalue weighted by Crippen LogP contribution is 2.34. The molecule has 0 amide bonds. The van der Waals surface area contributed by atoms with Crippen molar-refractivity contribution in [3.8, 4) is 0 Å². The normalized spacial score (nSPS) is 19.2. The third kappa shape index (κ3) is 2.73. The van der Waals surface area contributed by atoms with E-state index in [1.165, 1.54) is 25.7 Å². The first-order chi connectivity index (χ1) is 8.77. The molecule has 3 heteroatoms. The molecule has 0 fully saturated rings. The summed E-state index contributed by atoms with van der Waals surface area (Å²) in [6.07, 6.45) is 4.96. The molecule has 1 unspecified atom stereocenters. The Kier molecular flexibility index (Phi) is 4.72. The molecule has 18 heavy (non-hydrogen) atoms. The number of nitrogens with two attached hydrogens (primary N) is 1. The maximum Gasteiger partial charge on any atom is 0.128 e. The summed E-state index contributed by atoms with van der Waals surface area (Å²) < 4.78 is 13.7. The summed E-state index contributed by atoms with van der Waals surface area (Å²) in [5.41, 5.74) is 7.80. The zero-order chi connectivity index (χ0) is 13.0. The zero-order valence-corrected chi connectivity index (χ0v) is 11.2. The van der Waals surface area contributed by atoms with Gasteiger partial charge in [0.2, 0.25) is 0 Å². The molecule has 1 atom stereocenters. The van der Waals surface area contributed by atoms with Gasteiger partial charge in [-0.15, -0.1) is 0 Å². The molecule has 100 valence electrons. The van der Waals surface area contributed by atoms with Gasteiger partial charge >= 0.3 is 0 Å². The summed E-state index contributed by atoms with van der Waals surface area (Å²) >= 11 is 0. The standard InChI is InChI=1S/C15H23FN2/c1-2-3-4-5-9-18-11-13-12(15(18)10-17)7-6-8-14(13)16/h6-8,15H,2-5,9-11,17H2,1H3. The van der Waals surface area contributed by atoms with Crippen molar-refractivity contribution in [1.82, 2.24) is 4.90 Å². The van der Waals surface area contributed by atoms with Gasteiger partial charge < -0.3 is 5.73 Å². The fourth-order valence-electron chi connectivity index (χ4n) is 2.82. The molecule has 0 bridgehead atoms. The highest BCUT2D eigenvalue weighted by atomic mass is 19.1. The van der Waals surface area contributed by atoms with Crippen LogP contribution in [0.2, 0.25) is 0 Å². The van der Waals surface area contributed by atoms with Crippen LogP contribution >= 0.6 is 0 Å². The number of fused-ring (bicyclic) bond motifs is 1. The minimum Gasteiger partial charge on any atom is -0.329 e. The van der Waals surface area contributed by atoms with Crippen molar-refractivity contribution in [2.24, 2.45) is 5.73 Å². The molecule has 0 saturated heterocycles. The Morgan fingerprint density at radius 2 is 2.17 bits per heavy atom. The van der Waals surface area contributed by atoms with E-state index in [2.05, 4.69) is 11.8 Å². The number of rotatable bonds is 6. The van der Waals surface area contributed by atoms with E-state index >= 15 is 0 Å². The van der Waals surface area contributed by atoms with Gasteiger partial charge in [0.15, 0.2) is 0 Å². The van der Waals surface area contributed by atoms with Crippen LogP contribution in [0.5, 0.6) is 0 Å². The highest BCUT2D eigenvalue weighted by Gasteiger charge is 2.30. The first kappa shape index (κ1) is 13.5. The van der Waals surface area contributed by atoms with E-state index in [4.69, 9.17) is 5.73 Å². The van der Waals surface area contributed by atoms with Crippen LogP contribution in [0.3, 0.4) is 0 Å². The lowest BCUT2D eigenvalue weighted by molar-refractivity contribution is 0.214. The number of hydrogen-bond acceptors (Lipinski definition) is 2. The monoisotopic (exact) mass is 250 g/mol. The van der Waals surface area contributed by atoms with Gasteiger partial charge in [-0.2, -0.15) is 0 Å². The maximum atomic E-state index is 13.7. The molecule has 2 N–H and O–H groups in total. The van der Waals surface area contributed by atoms with Gasteiger partial charge in [-0.25, -0.2) is 4.39 Å². The molecule has 1 heterocycles. The molecule has 0 spiro atoms. The van der Waals surface area contributed by atoms with Crippen LogP contribution in [0, 0.1) is 5.82 Å². The van der Waals surface area contributed by atoms with E-state index in [0.29, 0.717) is 6.54 Å². The summed E-state index contributed by atoms with van der Waals surface area (Å²) in [4.78, 5) is 2.32. The Hall–Kier alpha value is -0.930. The third-order valence-corrected chi connectivity index (χ3v) is 3.84. The van der Waals surface area contributed by atoms with Crippen molar-refractivity contribution in [2.75, 3.05) is 13.1 Å². The van der Waals surface area contributed by atoms with Crippen LogP contribution in [0.1, 0.15) is 49.8 Å². The number of unbranched alkanes of at least 4 members (excludes halogenated alkanes) is 3. The Morgan fingerprint density at radius 3 is 2.89 bits per heavy atom. The SMILES string of the molecule is CCCCCCN1Cc2c(F)cccc2C1CN. The fourth-order valence-corrected chi connectivity index (χ4v) is 2.82. The maximum absolute atomic E-state index is 13.7. The first-order valence-electron chi connectivity index (χ1n) is 6.99. The molecular weight excluding hydrogens is 227 g/mol. The van der Waals surface area contributed by atoms with E-state index in [9.17, 15) is 4.39 Å². The van der Waals surface area contributed by atoms with Gasteiger partial charge in [-0.3, -0.25) is 4.90 Å². The van der Waals surface area contributed by atoms with Gasteiger partial charge in [-0.1, -0.05) is 38.3 Å². The second-order valence-corrected chi connectivity index (χ2v) is 5.09. The van der Waals surface area contributed by atoms with E-state index < -0.39 is 0 Å². The predicted molar refractivity (Wildman–Crippen MR) is 72.7 cm³/mol. The molecule has 2 rings (SSSR count). The lowest BCUT2D eigenvalue weighted by Gasteiger charge is -2.23. The largest absolute Gasteiger partial charge is 0.329 e. The first-order valence-corrected chi connectivity index (χ1v) is 6.99. The van der Waals surface area contributed by atoms with Crippen LogP contribution < -0.4 is 5.73 Å². The Labute approximate surface area is 109 Å².